The van der Waals surface area contributed by atoms with Gasteiger partial charge in [-0.3, -0.25) is 0 Å². The Morgan fingerprint density at radius 3 is 1.28 bits per heavy atom. The summed E-state index contributed by atoms with van der Waals surface area (Å²) in [4.78, 5) is 19.7. The molecule has 1 heterocycles. The van der Waals surface area contributed by atoms with Crippen molar-refractivity contribution >= 4 is 22.2 Å². The van der Waals surface area contributed by atoms with Gasteiger partial charge in [0.05, 0.1) is 12.1 Å². The quantitative estimate of drug-likeness (QED) is 0.0540. The van der Waals surface area contributed by atoms with Gasteiger partial charge in [0, 0.05) is 42.5 Å². The summed E-state index contributed by atoms with van der Waals surface area (Å²) >= 11 is 0. The van der Waals surface area contributed by atoms with Crippen molar-refractivity contribution in [2.24, 2.45) is 11.8 Å². The maximum absolute atomic E-state index is 15.4. The van der Waals surface area contributed by atoms with Crippen LogP contribution in [0.4, 0.5) is 4.79 Å². The minimum atomic E-state index is -1.28. The van der Waals surface area contributed by atoms with E-state index in [-0.39, 0.29) is 31.7 Å². The lowest BCUT2D eigenvalue weighted by Crippen LogP contribution is -2.53. The van der Waals surface area contributed by atoms with Crippen molar-refractivity contribution in [2.45, 2.75) is 155 Å². The number of ether oxygens (including phenoxy) is 4. The van der Waals surface area contributed by atoms with Crippen LogP contribution < -0.4 is 0 Å². The van der Waals surface area contributed by atoms with Crippen molar-refractivity contribution in [1.82, 2.24) is 9.80 Å². The molecule has 1 aliphatic heterocycles. The molecule has 54 heavy (non-hydrogen) atoms. The number of nitrogens with zero attached hydrogens (tertiary/aromatic N) is 2. The third-order valence-corrected chi connectivity index (χ3v) is 13.9. The highest BCUT2D eigenvalue weighted by molar-refractivity contribution is 6.76. The Bertz CT molecular complexity index is 1190. The van der Waals surface area contributed by atoms with Crippen molar-refractivity contribution in [3.63, 3.8) is 0 Å². The van der Waals surface area contributed by atoms with E-state index in [1.807, 2.05) is 0 Å². The van der Waals surface area contributed by atoms with E-state index in [0.717, 1.165) is 50.6 Å². The van der Waals surface area contributed by atoms with E-state index in [1.165, 1.54) is 11.1 Å². The van der Waals surface area contributed by atoms with Crippen LogP contribution in [0.15, 0.2) is 60.7 Å². The molecule has 0 saturated carbocycles. The lowest BCUT2D eigenvalue weighted by molar-refractivity contribution is -0.187. The normalized spacial score (nSPS) is 20.0. The lowest BCUT2D eigenvalue weighted by Gasteiger charge is -2.38. The fourth-order valence-corrected chi connectivity index (χ4v) is 8.65. The molecular weight excluding hydrogens is 705 g/mol. The molecule has 0 N–H and O–H groups in total. The van der Waals surface area contributed by atoms with Crippen LogP contribution in [0.5, 0.6) is 0 Å². The molecule has 3 rings (SSSR count). The van der Waals surface area contributed by atoms with Gasteiger partial charge in [-0.05, 0) is 60.7 Å². The molecule has 0 spiro atoms. The topological polar surface area (TPSA) is 60.5 Å². The van der Waals surface area contributed by atoms with Gasteiger partial charge in [0.1, 0.15) is 25.8 Å². The van der Waals surface area contributed by atoms with Crippen LogP contribution in [-0.2, 0) is 31.8 Å². The Kier molecular flexibility index (Phi) is 20.5. The van der Waals surface area contributed by atoms with Crippen molar-refractivity contribution in [1.29, 1.82) is 0 Å². The molecule has 0 unspecified atom stereocenters. The molecule has 2 aromatic carbocycles. The monoisotopic (exact) mass is 783 g/mol. The Hall–Kier alpha value is -2.02. The zero-order chi connectivity index (χ0) is 39.6. The lowest BCUT2D eigenvalue weighted by atomic mass is 9.90. The van der Waals surface area contributed by atoms with Gasteiger partial charge in [0.15, 0.2) is 0 Å². The molecule has 0 aliphatic carbocycles. The molecule has 2 aromatic rings. The number of urea groups is 1. The van der Waals surface area contributed by atoms with Crippen molar-refractivity contribution in [3.05, 3.63) is 71.8 Å². The molecule has 1 fully saturated rings. The van der Waals surface area contributed by atoms with Crippen LogP contribution in [0.1, 0.15) is 77.3 Å². The second kappa shape index (κ2) is 23.9. The smallest absolute Gasteiger partial charge is 0.320 e. The summed E-state index contributed by atoms with van der Waals surface area (Å²) in [5.41, 5.74) is 2.37. The number of carbonyl (C=O) groups excluding carboxylic acids is 1. The SMILES string of the molecule is CC(C)CCCCN1C(=O)N(CCCCC(C)C)[C@H](Cc2ccccc2)[C@H](OCOCC[Si](C)(C)C)[C@@H](OCOCC[Si](C)(C)C)[C@H]1Cc1ccccc1. The summed E-state index contributed by atoms with van der Waals surface area (Å²) in [6.07, 6.45) is 6.84. The van der Waals surface area contributed by atoms with Crippen molar-refractivity contribution < 1.29 is 23.7 Å². The zero-order valence-electron chi connectivity index (χ0n) is 36.0. The van der Waals surface area contributed by atoms with Gasteiger partial charge in [-0.15, -0.1) is 0 Å². The molecule has 0 aromatic heterocycles. The number of rotatable bonds is 26. The van der Waals surface area contributed by atoms with Crippen LogP contribution >= 0.6 is 0 Å². The van der Waals surface area contributed by atoms with Crippen molar-refractivity contribution in [3.8, 4) is 0 Å². The van der Waals surface area contributed by atoms with Crippen molar-refractivity contribution in [2.75, 3.05) is 39.9 Å². The van der Waals surface area contributed by atoms with Gasteiger partial charge in [-0.1, -0.05) is 153 Å². The Labute approximate surface area is 332 Å². The Morgan fingerprint density at radius 1 is 0.574 bits per heavy atom. The first-order valence-corrected chi connectivity index (χ1v) is 28.6. The largest absolute Gasteiger partial charge is 0.356 e. The Morgan fingerprint density at radius 2 is 0.944 bits per heavy atom. The maximum Gasteiger partial charge on any atom is 0.320 e. The zero-order valence-corrected chi connectivity index (χ0v) is 38.0. The van der Waals surface area contributed by atoms with Gasteiger partial charge in [-0.2, -0.15) is 0 Å². The van der Waals surface area contributed by atoms with E-state index >= 15 is 4.79 Å². The van der Waals surface area contributed by atoms with E-state index in [9.17, 15) is 0 Å². The summed E-state index contributed by atoms with van der Waals surface area (Å²) in [6.45, 7) is 26.4. The number of unbranched alkanes of at least 4 members (excludes halogenated alkanes) is 2. The first-order valence-electron chi connectivity index (χ1n) is 21.2. The molecule has 7 nitrogen and oxygen atoms in total. The van der Waals surface area contributed by atoms with Crippen LogP contribution in [0.25, 0.3) is 0 Å². The summed E-state index contributed by atoms with van der Waals surface area (Å²) in [7, 11) is -2.57. The van der Waals surface area contributed by atoms with Gasteiger partial charge in [-0.25, -0.2) is 4.79 Å². The fourth-order valence-electron chi connectivity index (χ4n) is 7.14. The number of benzene rings is 2. The summed E-state index contributed by atoms with van der Waals surface area (Å²) < 4.78 is 26.5. The molecule has 306 valence electrons. The first kappa shape index (κ1) is 46.4. The number of amides is 2. The standard InChI is InChI=1S/C45H78N2O5Si2/c1-37(2)21-17-19-27-46-41(33-39-23-13-11-14-24-39)43(51-35-49-29-31-53(5,6)7)44(52-36-50-30-32-54(8,9)10)42(34-40-25-15-12-16-26-40)47(45(46)48)28-20-18-22-38(3)4/h11-16,23-26,37-38,41-44H,17-22,27-36H2,1-10H3/t41-,42-,43+,44+/m1/s1. The third-order valence-electron chi connectivity index (χ3n) is 10.5. The second-order valence-corrected chi connectivity index (χ2v) is 30.1. The maximum atomic E-state index is 15.4. The minimum Gasteiger partial charge on any atom is -0.356 e. The second-order valence-electron chi connectivity index (χ2n) is 18.9. The summed E-state index contributed by atoms with van der Waals surface area (Å²) in [5, 5.41) is 0. The molecule has 9 heteroatoms. The predicted molar refractivity (Wildman–Crippen MR) is 232 cm³/mol. The number of carbonyl (C=O) groups is 1. The molecule has 0 bridgehead atoms. The first-order chi connectivity index (χ1) is 25.6. The van der Waals surface area contributed by atoms with E-state index in [1.54, 1.807) is 0 Å². The molecule has 1 saturated heterocycles. The Balaban J connectivity index is 2.13. The predicted octanol–water partition coefficient (Wildman–Crippen LogP) is 11.0. The highest BCUT2D eigenvalue weighted by atomic mass is 28.3. The van der Waals surface area contributed by atoms with Gasteiger partial charge in [0.2, 0.25) is 0 Å². The average Bonchev–Trinajstić information content (AvgIpc) is 3.17. The molecule has 4 atom stereocenters. The highest BCUT2D eigenvalue weighted by Crippen LogP contribution is 2.32. The van der Waals surface area contributed by atoms with E-state index in [2.05, 4.69) is 137 Å². The van der Waals surface area contributed by atoms with Gasteiger partial charge in [0.25, 0.3) is 0 Å². The fraction of sp³-hybridized carbons (Fsp3) is 0.711. The van der Waals surface area contributed by atoms with Crippen LogP contribution in [0.2, 0.25) is 51.4 Å². The molecule has 2 amide bonds. The van der Waals surface area contributed by atoms with Crippen LogP contribution in [-0.4, -0.2) is 96.2 Å². The average molecular weight is 783 g/mol. The van der Waals surface area contributed by atoms with E-state index < -0.39 is 28.4 Å². The van der Waals surface area contributed by atoms with Gasteiger partial charge < -0.3 is 28.7 Å². The number of hydrogen-bond acceptors (Lipinski definition) is 5. The minimum absolute atomic E-state index is 0.102. The molecular formula is C45H78N2O5Si2. The van der Waals surface area contributed by atoms with Gasteiger partial charge >= 0.3 is 6.03 Å². The molecule has 1 aliphatic rings. The molecule has 0 radical (unpaired) electrons. The number of hydrogen-bond donors (Lipinski definition) is 0. The van der Waals surface area contributed by atoms with Crippen LogP contribution in [0.3, 0.4) is 0 Å². The summed E-state index contributed by atoms with van der Waals surface area (Å²) in [5.74, 6) is 1.25. The third kappa shape index (κ3) is 17.8. The van der Waals surface area contributed by atoms with Crippen LogP contribution in [0, 0.1) is 11.8 Å². The summed E-state index contributed by atoms with van der Waals surface area (Å²) in [6, 6.07) is 22.9. The van der Waals surface area contributed by atoms with E-state index in [4.69, 9.17) is 18.9 Å². The highest BCUT2D eigenvalue weighted by Gasteiger charge is 2.48. The van der Waals surface area contributed by atoms with E-state index in [0.29, 0.717) is 51.0 Å².